The molecule has 1 aromatic heterocycles. The molecule has 3 N–H and O–H groups in total. The van der Waals surface area contributed by atoms with Crippen LogP contribution in [0.1, 0.15) is 36.9 Å². The minimum atomic E-state index is -0.162. The van der Waals surface area contributed by atoms with Gasteiger partial charge in [0.05, 0.1) is 6.10 Å². The number of rotatable bonds is 2. The van der Waals surface area contributed by atoms with E-state index in [-0.39, 0.29) is 11.5 Å². The highest BCUT2D eigenvalue weighted by atomic mass is 16.3. The van der Waals surface area contributed by atoms with E-state index in [9.17, 15) is 5.11 Å². The summed E-state index contributed by atoms with van der Waals surface area (Å²) in [4.78, 5) is 8.34. The zero-order chi connectivity index (χ0) is 11.6. The molecule has 1 saturated carbocycles. The maximum absolute atomic E-state index is 9.58. The average molecular weight is 221 g/mol. The Hall–Kier alpha value is -1.00. The molecule has 0 aromatic carbocycles. The van der Waals surface area contributed by atoms with Gasteiger partial charge >= 0.3 is 0 Å². The van der Waals surface area contributed by atoms with Crippen LogP contribution < -0.4 is 5.73 Å². The zero-order valence-corrected chi connectivity index (χ0v) is 9.69. The molecule has 4 nitrogen and oxygen atoms in total. The van der Waals surface area contributed by atoms with Crippen LogP contribution in [-0.4, -0.2) is 27.7 Å². The third-order valence-electron chi connectivity index (χ3n) is 3.79. The first kappa shape index (κ1) is 11.5. The van der Waals surface area contributed by atoms with E-state index in [1.54, 1.807) is 6.33 Å². The predicted octanol–water partition coefficient (Wildman–Crippen LogP) is 0.916. The Balaban J connectivity index is 2.32. The molecule has 0 aliphatic heterocycles. The topological polar surface area (TPSA) is 72.0 Å². The van der Waals surface area contributed by atoms with Gasteiger partial charge in [-0.15, -0.1) is 0 Å². The average Bonchev–Trinajstić information content (AvgIpc) is 2.32. The smallest absolute Gasteiger partial charge is 0.115 e. The van der Waals surface area contributed by atoms with Gasteiger partial charge in [-0.3, -0.25) is 0 Å². The molecule has 0 amide bonds. The summed E-state index contributed by atoms with van der Waals surface area (Å²) in [6.07, 6.45) is 6.80. The van der Waals surface area contributed by atoms with Gasteiger partial charge in [0.15, 0.2) is 0 Å². The summed E-state index contributed by atoms with van der Waals surface area (Å²) >= 11 is 0. The van der Waals surface area contributed by atoms with Crippen LogP contribution >= 0.6 is 0 Å². The lowest BCUT2D eigenvalue weighted by atomic mass is 9.68. The van der Waals surface area contributed by atoms with Crippen LogP contribution in [0.25, 0.3) is 0 Å². The summed E-state index contributed by atoms with van der Waals surface area (Å²) in [5.41, 5.74) is 8.09. The van der Waals surface area contributed by atoms with Gasteiger partial charge < -0.3 is 10.8 Å². The lowest BCUT2D eigenvalue weighted by molar-refractivity contribution is 0.0970. The van der Waals surface area contributed by atoms with Crippen LogP contribution in [0, 0.1) is 6.92 Å². The van der Waals surface area contributed by atoms with E-state index in [1.165, 1.54) is 0 Å². The van der Waals surface area contributed by atoms with Gasteiger partial charge in [-0.2, -0.15) is 0 Å². The van der Waals surface area contributed by atoms with Crippen molar-refractivity contribution in [2.24, 2.45) is 5.73 Å². The molecule has 1 fully saturated rings. The molecule has 0 atom stereocenters. The molecule has 0 bridgehead atoms. The van der Waals surface area contributed by atoms with Crippen LogP contribution in [0.3, 0.4) is 0 Å². The molecule has 2 rings (SSSR count). The van der Waals surface area contributed by atoms with Gasteiger partial charge in [0, 0.05) is 23.9 Å². The minimum absolute atomic E-state index is 0.0232. The second kappa shape index (κ2) is 4.47. The number of aliphatic hydroxyl groups is 1. The Bertz CT molecular complexity index is 359. The van der Waals surface area contributed by atoms with Gasteiger partial charge in [0.25, 0.3) is 0 Å². The van der Waals surface area contributed by atoms with Crippen molar-refractivity contribution in [1.82, 2.24) is 9.97 Å². The second-order valence-corrected chi connectivity index (χ2v) is 4.74. The summed E-state index contributed by atoms with van der Waals surface area (Å²) in [6.45, 7) is 2.60. The highest BCUT2D eigenvalue weighted by Crippen LogP contribution is 2.39. The molecule has 1 heterocycles. The fraction of sp³-hybridized carbons (Fsp3) is 0.667. The third-order valence-corrected chi connectivity index (χ3v) is 3.79. The van der Waals surface area contributed by atoms with Crippen molar-refractivity contribution in [1.29, 1.82) is 0 Å². The normalized spacial score (nSPS) is 30.3. The Kier molecular flexibility index (Phi) is 3.21. The molecule has 0 radical (unpaired) electrons. The van der Waals surface area contributed by atoms with Crippen molar-refractivity contribution in [3.63, 3.8) is 0 Å². The zero-order valence-electron chi connectivity index (χ0n) is 9.69. The highest BCUT2D eigenvalue weighted by Gasteiger charge is 2.36. The SMILES string of the molecule is Cc1ncncc1C1(CN)CCC(O)CC1. The van der Waals surface area contributed by atoms with Crippen LogP contribution in [-0.2, 0) is 5.41 Å². The molecular formula is C12H19N3O. The van der Waals surface area contributed by atoms with E-state index >= 15 is 0 Å². The molecule has 4 heteroatoms. The Labute approximate surface area is 95.9 Å². The van der Waals surface area contributed by atoms with Crippen LogP contribution in [0.5, 0.6) is 0 Å². The molecule has 16 heavy (non-hydrogen) atoms. The maximum atomic E-state index is 9.58. The first-order chi connectivity index (χ1) is 7.68. The number of aromatic nitrogens is 2. The minimum Gasteiger partial charge on any atom is -0.393 e. The highest BCUT2D eigenvalue weighted by molar-refractivity contribution is 5.27. The van der Waals surface area contributed by atoms with Crippen molar-refractivity contribution in [3.05, 3.63) is 23.8 Å². The largest absolute Gasteiger partial charge is 0.393 e. The number of nitrogens with two attached hydrogens (primary N) is 1. The van der Waals surface area contributed by atoms with E-state index in [1.807, 2.05) is 13.1 Å². The van der Waals surface area contributed by atoms with Gasteiger partial charge in [-0.1, -0.05) is 0 Å². The van der Waals surface area contributed by atoms with Crippen molar-refractivity contribution >= 4 is 0 Å². The summed E-state index contributed by atoms with van der Waals surface area (Å²) < 4.78 is 0. The van der Waals surface area contributed by atoms with Gasteiger partial charge in [-0.05, 0) is 38.2 Å². The van der Waals surface area contributed by atoms with E-state index < -0.39 is 0 Å². The molecule has 0 unspecified atom stereocenters. The van der Waals surface area contributed by atoms with E-state index in [0.29, 0.717) is 6.54 Å². The second-order valence-electron chi connectivity index (χ2n) is 4.74. The number of hydrogen-bond acceptors (Lipinski definition) is 4. The molecule has 1 aliphatic rings. The molecule has 0 saturated heterocycles. The number of nitrogens with zero attached hydrogens (tertiary/aromatic N) is 2. The van der Waals surface area contributed by atoms with Gasteiger partial charge in [0.2, 0.25) is 0 Å². The maximum Gasteiger partial charge on any atom is 0.115 e. The fourth-order valence-corrected chi connectivity index (χ4v) is 2.65. The van der Waals surface area contributed by atoms with Crippen molar-refractivity contribution in [2.45, 2.75) is 44.1 Å². The fourth-order valence-electron chi connectivity index (χ4n) is 2.65. The van der Waals surface area contributed by atoms with Gasteiger partial charge in [-0.25, -0.2) is 9.97 Å². The quantitative estimate of drug-likeness (QED) is 0.779. The van der Waals surface area contributed by atoms with Crippen LogP contribution in [0.4, 0.5) is 0 Å². The van der Waals surface area contributed by atoms with Crippen LogP contribution in [0.15, 0.2) is 12.5 Å². The monoisotopic (exact) mass is 221 g/mol. The summed E-state index contributed by atoms with van der Waals surface area (Å²) in [7, 11) is 0. The molecular weight excluding hydrogens is 202 g/mol. The number of aliphatic hydroxyl groups excluding tert-OH is 1. The summed E-state index contributed by atoms with van der Waals surface area (Å²) in [6, 6.07) is 0. The van der Waals surface area contributed by atoms with E-state index in [4.69, 9.17) is 5.73 Å². The standard InChI is InChI=1S/C12H19N3O/c1-9-11(6-14-8-15-9)12(7-13)4-2-10(16)3-5-12/h6,8,10,16H,2-5,7,13H2,1H3. The number of hydrogen-bond donors (Lipinski definition) is 2. The van der Waals surface area contributed by atoms with Crippen molar-refractivity contribution in [3.8, 4) is 0 Å². The molecule has 88 valence electrons. The first-order valence-electron chi connectivity index (χ1n) is 5.83. The third kappa shape index (κ3) is 1.95. The van der Waals surface area contributed by atoms with Crippen molar-refractivity contribution in [2.75, 3.05) is 6.54 Å². The predicted molar refractivity (Wildman–Crippen MR) is 62.0 cm³/mol. The van der Waals surface area contributed by atoms with E-state index in [0.717, 1.165) is 36.9 Å². The van der Waals surface area contributed by atoms with E-state index in [2.05, 4.69) is 9.97 Å². The lowest BCUT2D eigenvalue weighted by Crippen LogP contribution is -2.40. The Morgan fingerprint density at radius 1 is 1.50 bits per heavy atom. The summed E-state index contributed by atoms with van der Waals surface area (Å²) in [5, 5.41) is 9.58. The lowest BCUT2D eigenvalue weighted by Gasteiger charge is -2.38. The molecule has 1 aliphatic carbocycles. The van der Waals surface area contributed by atoms with Gasteiger partial charge in [0.1, 0.15) is 6.33 Å². The number of aryl methyl sites for hydroxylation is 1. The summed E-state index contributed by atoms with van der Waals surface area (Å²) in [5.74, 6) is 0. The first-order valence-corrected chi connectivity index (χ1v) is 5.83. The molecule has 1 aromatic rings. The Morgan fingerprint density at radius 2 is 2.19 bits per heavy atom. The Morgan fingerprint density at radius 3 is 2.75 bits per heavy atom. The molecule has 0 spiro atoms. The van der Waals surface area contributed by atoms with Crippen molar-refractivity contribution < 1.29 is 5.11 Å². The van der Waals surface area contributed by atoms with Crippen LogP contribution in [0.2, 0.25) is 0 Å².